The molecule has 0 bridgehead atoms. The van der Waals surface area contributed by atoms with Crippen LogP contribution in [-0.4, -0.2) is 68.3 Å². The van der Waals surface area contributed by atoms with Gasteiger partial charge in [-0.2, -0.15) is 4.31 Å². The van der Waals surface area contributed by atoms with E-state index in [1.807, 2.05) is 25.1 Å². The second-order valence-corrected chi connectivity index (χ2v) is 13.5. The van der Waals surface area contributed by atoms with E-state index in [9.17, 15) is 13.2 Å². The van der Waals surface area contributed by atoms with Gasteiger partial charge in [-0.3, -0.25) is 9.69 Å². The summed E-state index contributed by atoms with van der Waals surface area (Å²) in [4.78, 5) is 22.4. The highest BCUT2D eigenvalue weighted by atomic mass is 35.5. The fraction of sp³-hybridized carbons (Fsp3) is 0.478. The van der Waals surface area contributed by atoms with Crippen LogP contribution in [0.3, 0.4) is 0 Å². The molecule has 11 heteroatoms. The summed E-state index contributed by atoms with van der Waals surface area (Å²) in [6.45, 7) is 3.49. The number of carbonyl (C=O) groups excluding carboxylic acids is 1. The molecule has 4 rings (SSSR count). The normalized spacial score (nSPS) is 17.5. The molecule has 1 unspecified atom stereocenters. The topological polar surface area (TPSA) is 73.8 Å². The lowest BCUT2D eigenvalue weighted by Crippen LogP contribution is -2.53. The van der Waals surface area contributed by atoms with Crippen LogP contribution in [0.5, 0.6) is 0 Å². The van der Waals surface area contributed by atoms with Crippen LogP contribution in [0.15, 0.2) is 34.5 Å². The molecule has 1 fully saturated rings. The number of amides is 1. The van der Waals surface area contributed by atoms with Gasteiger partial charge in [0.15, 0.2) is 5.13 Å². The van der Waals surface area contributed by atoms with E-state index in [1.54, 1.807) is 11.0 Å². The molecular formula is C23H29ClN4O3S3. The molecule has 1 aromatic carbocycles. The van der Waals surface area contributed by atoms with Crippen molar-refractivity contribution in [3.63, 3.8) is 0 Å². The molecule has 0 aliphatic carbocycles. The predicted molar refractivity (Wildman–Crippen MR) is 141 cm³/mol. The Balaban J connectivity index is 1.69. The number of likely N-dealkylation sites (N-methyl/N-ethyl adjacent to an activating group) is 1. The van der Waals surface area contributed by atoms with E-state index in [0.29, 0.717) is 35.5 Å². The average molecular weight is 541 g/mol. The van der Waals surface area contributed by atoms with Gasteiger partial charge in [-0.15, -0.1) is 11.3 Å². The van der Waals surface area contributed by atoms with Gasteiger partial charge < -0.3 is 4.90 Å². The quantitative estimate of drug-likeness (QED) is 0.413. The zero-order valence-corrected chi connectivity index (χ0v) is 22.7. The molecule has 1 amide bonds. The van der Waals surface area contributed by atoms with Gasteiger partial charge in [0.1, 0.15) is 10.3 Å². The monoisotopic (exact) mass is 540 g/mol. The zero-order valence-electron chi connectivity index (χ0n) is 19.5. The largest absolute Gasteiger partial charge is 0.308 e. The highest BCUT2D eigenvalue weighted by Crippen LogP contribution is 2.34. The Morgan fingerprint density at radius 2 is 1.97 bits per heavy atom. The molecule has 0 N–H and O–H groups in total. The second-order valence-electron chi connectivity index (χ2n) is 8.63. The Morgan fingerprint density at radius 3 is 2.65 bits per heavy atom. The first-order valence-electron chi connectivity index (χ1n) is 11.3. The van der Waals surface area contributed by atoms with E-state index in [-0.39, 0.29) is 10.1 Å². The molecule has 7 nitrogen and oxygen atoms in total. The Kier molecular flexibility index (Phi) is 7.95. The number of aromatic nitrogens is 1. The molecule has 1 saturated heterocycles. The lowest BCUT2D eigenvalue weighted by Gasteiger charge is -2.36. The fourth-order valence-electron chi connectivity index (χ4n) is 4.06. The van der Waals surface area contributed by atoms with Gasteiger partial charge in [0.25, 0.3) is 10.0 Å². The lowest BCUT2D eigenvalue weighted by atomic mass is 10.0. The van der Waals surface area contributed by atoms with Gasteiger partial charge in [-0.1, -0.05) is 42.3 Å². The SMILES string of the molecule is CCc1ccc2nc(N(CCN(C)C)C(=O)C3CCCCN3S(=O)(=O)c3ccc(Cl)s3)sc2c1. The van der Waals surface area contributed by atoms with Crippen molar-refractivity contribution in [2.45, 2.75) is 42.9 Å². The van der Waals surface area contributed by atoms with Crippen LogP contribution in [-0.2, 0) is 21.2 Å². The van der Waals surface area contributed by atoms with Crippen molar-refractivity contribution in [2.24, 2.45) is 0 Å². The van der Waals surface area contributed by atoms with Crippen molar-refractivity contribution >= 4 is 65.6 Å². The number of fused-ring (bicyclic) bond motifs is 1. The lowest BCUT2D eigenvalue weighted by molar-refractivity contribution is -0.123. The number of halogens is 1. The van der Waals surface area contributed by atoms with Crippen molar-refractivity contribution in [1.29, 1.82) is 0 Å². The highest BCUT2D eigenvalue weighted by molar-refractivity contribution is 7.91. The minimum Gasteiger partial charge on any atom is -0.308 e. The predicted octanol–water partition coefficient (Wildman–Crippen LogP) is 4.71. The summed E-state index contributed by atoms with van der Waals surface area (Å²) in [5, 5.41) is 0.609. The second kappa shape index (κ2) is 10.6. The number of hydrogen-bond acceptors (Lipinski definition) is 7. The van der Waals surface area contributed by atoms with Gasteiger partial charge in [0.05, 0.1) is 14.6 Å². The first kappa shape index (κ1) is 25.5. The number of thiazole rings is 1. The van der Waals surface area contributed by atoms with E-state index in [4.69, 9.17) is 16.6 Å². The number of anilines is 1. The zero-order chi connectivity index (χ0) is 24.5. The van der Waals surface area contributed by atoms with Crippen LogP contribution in [0.4, 0.5) is 5.13 Å². The standard InChI is InChI=1S/C23H29ClN4O3S3/c1-4-16-8-9-17-19(15-16)32-23(25-17)27(14-13-26(2)3)22(29)18-7-5-6-12-28(18)34(30,31)21-11-10-20(24)33-21/h8-11,15,18H,4-7,12-14H2,1-3H3. The van der Waals surface area contributed by atoms with Crippen LogP contribution in [0, 0.1) is 0 Å². The Hall–Kier alpha value is -1.56. The Morgan fingerprint density at radius 1 is 1.18 bits per heavy atom. The van der Waals surface area contributed by atoms with Gasteiger partial charge in [0.2, 0.25) is 5.91 Å². The van der Waals surface area contributed by atoms with E-state index in [1.165, 1.54) is 27.3 Å². The number of thiophene rings is 1. The van der Waals surface area contributed by atoms with Crippen LogP contribution >= 0.6 is 34.3 Å². The molecule has 0 saturated carbocycles. The first-order chi connectivity index (χ1) is 16.2. The average Bonchev–Trinajstić information content (AvgIpc) is 3.44. The number of sulfonamides is 1. The van der Waals surface area contributed by atoms with Crippen molar-refractivity contribution in [2.75, 3.05) is 38.6 Å². The maximum Gasteiger partial charge on any atom is 0.253 e. The summed E-state index contributed by atoms with van der Waals surface area (Å²) in [6.07, 6.45) is 2.93. The molecule has 3 heterocycles. The molecule has 3 aromatic rings. The van der Waals surface area contributed by atoms with E-state index < -0.39 is 16.1 Å². The first-order valence-corrected chi connectivity index (χ1v) is 14.8. The summed E-state index contributed by atoms with van der Waals surface area (Å²) in [6, 6.07) is 8.49. The van der Waals surface area contributed by atoms with E-state index in [2.05, 4.69) is 19.1 Å². The summed E-state index contributed by atoms with van der Waals surface area (Å²) in [5.41, 5.74) is 2.06. The summed E-state index contributed by atoms with van der Waals surface area (Å²) in [7, 11) is 0.0781. The minimum absolute atomic E-state index is 0.170. The number of aryl methyl sites for hydroxylation is 1. The van der Waals surface area contributed by atoms with Crippen molar-refractivity contribution in [3.8, 4) is 0 Å². The van der Waals surface area contributed by atoms with Gasteiger partial charge >= 0.3 is 0 Å². The number of hydrogen-bond donors (Lipinski definition) is 0. The Labute approximate surface area is 214 Å². The highest BCUT2D eigenvalue weighted by Gasteiger charge is 2.41. The molecule has 1 aliphatic rings. The van der Waals surface area contributed by atoms with Crippen LogP contribution in [0.2, 0.25) is 4.34 Å². The summed E-state index contributed by atoms with van der Waals surface area (Å²) < 4.78 is 29.8. The number of piperidine rings is 1. The van der Waals surface area contributed by atoms with Crippen molar-refractivity contribution < 1.29 is 13.2 Å². The molecule has 1 atom stereocenters. The third kappa shape index (κ3) is 5.32. The number of benzene rings is 1. The van der Waals surface area contributed by atoms with Gasteiger partial charge in [-0.25, -0.2) is 13.4 Å². The maximum absolute atomic E-state index is 14.0. The maximum atomic E-state index is 14.0. The van der Waals surface area contributed by atoms with Crippen LogP contribution in [0.1, 0.15) is 31.7 Å². The molecule has 2 aromatic heterocycles. The fourth-order valence-corrected chi connectivity index (χ4v) is 8.39. The molecule has 0 radical (unpaired) electrons. The molecule has 184 valence electrons. The summed E-state index contributed by atoms with van der Waals surface area (Å²) in [5.74, 6) is -0.220. The number of carbonyl (C=O) groups is 1. The third-order valence-electron chi connectivity index (χ3n) is 5.97. The molecule has 1 aliphatic heterocycles. The van der Waals surface area contributed by atoms with E-state index in [0.717, 1.165) is 40.8 Å². The van der Waals surface area contributed by atoms with Crippen LogP contribution in [0.25, 0.3) is 10.2 Å². The number of nitrogens with zero attached hydrogens (tertiary/aromatic N) is 4. The van der Waals surface area contributed by atoms with Crippen molar-refractivity contribution in [3.05, 3.63) is 40.2 Å². The van der Waals surface area contributed by atoms with E-state index >= 15 is 0 Å². The number of rotatable bonds is 8. The minimum atomic E-state index is -3.82. The summed E-state index contributed by atoms with van der Waals surface area (Å²) >= 11 is 8.52. The Bertz CT molecular complexity index is 1270. The smallest absolute Gasteiger partial charge is 0.253 e. The molecule has 0 spiro atoms. The molecular weight excluding hydrogens is 512 g/mol. The molecule has 34 heavy (non-hydrogen) atoms. The van der Waals surface area contributed by atoms with Crippen LogP contribution < -0.4 is 4.90 Å². The third-order valence-corrected chi connectivity index (χ3v) is 10.6. The van der Waals surface area contributed by atoms with Crippen molar-refractivity contribution in [1.82, 2.24) is 14.2 Å². The van der Waals surface area contributed by atoms with Gasteiger partial charge in [0, 0.05) is 19.6 Å². The van der Waals surface area contributed by atoms with Gasteiger partial charge in [-0.05, 0) is 63.2 Å².